The molecule has 0 aromatic heterocycles. The van der Waals surface area contributed by atoms with Crippen molar-refractivity contribution in [2.75, 3.05) is 20.2 Å². The Kier molecular flexibility index (Phi) is 4.82. The first-order valence-corrected chi connectivity index (χ1v) is 6.83. The lowest BCUT2D eigenvalue weighted by Crippen LogP contribution is -2.14. The van der Waals surface area contributed by atoms with Gasteiger partial charge in [0, 0.05) is 0 Å². The van der Waals surface area contributed by atoms with Crippen LogP contribution in [0.5, 0.6) is 5.75 Å². The quantitative estimate of drug-likeness (QED) is 0.633. The molecule has 2 heteroatoms. The fourth-order valence-electron chi connectivity index (χ4n) is 2.56. The molecule has 0 bridgehead atoms. The average molecular weight is 245 g/mol. The van der Waals surface area contributed by atoms with Crippen molar-refractivity contribution in [2.45, 2.75) is 32.1 Å². The van der Waals surface area contributed by atoms with Gasteiger partial charge in [-0.2, -0.15) is 0 Å². The van der Waals surface area contributed by atoms with Crippen molar-refractivity contribution in [3.05, 3.63) is 41.5 Å². The summed E-state index contributed by atoms with van der Waals surface area (Å²) < 4.78 is 5.70. The number of ether oxygens (including phenoxy) is 1. The molecule has 0 spiro atoms. The molecule has 0 fully saturated rings. The molecule has 0 radical (unpaired) electrons. The minimum absolute atomic E-state index is 0.626. The predicted molar refractivity (Wildman–Crippen MR) is 76.2 cm³/mol. The zero-order chi connectivity index (χ0) is 12.8. The Bertz CT molecular complexity index is 411. The highest BCUT2D eigenvalue weighted by Gasteiger charge is 2.20. The highest BCUT2D eigenvalue weighted by atomic mass is 16.5. The molecule has 1 heterocycles. The predicted octanol–water partition coefficient (Wildman–Crippen LogP) is 3.50. The van der Waals surface area contributed by atoms with E-state index >= 15 is 0 Å². The minimum atomic E-state index is 0.626. The Morgan fingerprint density at radius 3 is 3.11 bits per heavy atom. The largest absolute Gasteiger partial charge is 0.493 e. The van der Waals surface area contributed by atoms with Crippen LogP contribution in [0.25, 0.3) is 0 Å². The lowest BCUT2D eigenvalue weighted by molar-refractivity contribution is 0.266. The summed E-state index contributed by atoms with van der Waals surface area (Å²) in [6.07, 6.45) is 5.76. The lowest BCUT2D eigenvalue weighted by atomic mass is 9.87. The molecule has 1 aromatic rings. The van der Waals surface area contributed by atoms with Gasteiger partial charge in [0.15, 0.2) is 0 Å². The van der Waals surface area contributed by atoms with Gasteiger partial charge in [-0.3, -0.25) is 0 Å². The van der Waals surface area contributed by atoms with Crippen LogP contribution in [0.4, 0.5) is 0 Å². The van der Waals surface area contributed by atoms with E-state index in [1.165, 1.54) is 11.1 Å². The molecule has 98 valence electrons. The summed E-state index contributed by atoms with van der Waals surface area (Å²) in [5.74, 6) is 1.71. The Hall–Kier alpha value is -1.28. The Labute approximate surface area is 110 Å². The van der Waals surface area contributed by atoms with Gasteiger partial charge in [-0.1, -0.05) is 29.8 Å². The normalized spacial score (nSPS) is 19.2. The van der Waals surface area contributed by atoms with E-state index in [0.29, 0.717) is 5.92 Å². The molecule has 2 rings (SSSR count). The molecule has 0 amide bonds. The lowest BCUT2D eigenvalue weighted by Gasteiger charge is -2.26. The second kappa shape index (κ2) is 6.60. The number of benzene rings is 1. The first-order valence-electron chi connectivity index (χ1n) is 6.83. The van der Waals surface area contributed by atoms with E-state index in [-0.39, 0.29) is 0 Å². The molecule has 1 aromatic carbocycles. The number of rotatable bonds is 5. The fourth-order valence-corrected chi connectivity index (χ4v) is 2.56. The van der Waals surface area contributed by atoms with Crippen molar-refractivity contribution in [3.8, 4) is 5.75 Å². The maximum Gasteiger partial charge on any atom is 0.122 e. The van der Waals surface area contributed by atoms with E-state index in [2.05, 4.69) is 42.6 Å². The topological polar surface area (TPSA) is 21.3 Å². The third kappa shape index (κ3) is 3.36. The van der Waals surface area contributed by atoms with Gasteiger partial charge in [0.05, 0.1) is 6.61 Å². The Balaban J connectivity index is 2.00. The Morgan fingerprint density at radius 1 is 1.44 bits per heavy atom. The average Bonchev–Trinajstić information content (AvgIpc) is 2.39. The zero-order valence-corrected chi connectivity index (χ0v) is 11.4. The molecule has 1 atom stereocenters. The van der Waals surface area contributed by atoms with Crippen molar-refractivity contribution in [1.29, 1.82) is 0 Å². The van der Waals surface area contributed by atoms with Crippen LogP contribution in [0.1, 0.15) is 37.7 Å². The van der Waals surface area contributed by atoms with E-state index in [9.17, 15) is 0 Å². The smallest absolute Gasteiger partial charge is 0.122 e. The molecule has 1 unspecified atom stereocenters. The summed E-state index contributed by atoms with van der Waals surface area (Å²) >= 11 is 0. The van der Waals surface area contributed by atoms with E-state index in [1.807, 2.05) is 7.05 Å². The molecule has 0 aliphatic carbocycles. The number of fused-ring (bicyclic) bond motifs is 1. The molecule has 18 heavy (non-hydrogen) atoms. The summed E-state index contributed by atoms with van der Waals surface area (Å²) in [7, 11) is 2.00. The van der Waals surface area contributed by atoms with E-state index < -0.39 is 0 Å². The molecule has 0 saturated carbocycles. The van der Waals surface area contributed by atoms with Gasteiger partial charge in [-0.15, -0.1) is 0 Å². The van der Waals surface area contributed by atoms with Crippen LogP contribution in [-0.2, 0) is 0 Å². The summed E-state index contributed by atoms with van der Waals surface area (Å²) in [6.45, 7) is 4.15. The van der Waals surface area contributed by atoms with Crippen molar-refractivity contribution in [3.63, 3.8) is 0 Å². The fraction of sp³-hybridized carbons (Fsp3) is 0.500. The van der Waals surface area contributed by atoms with Crippen LogP contribution < -0.4 is 10.1 Å². The second-order valence-corrected chi connectivity index (χ2v) is 5.02. The van der Waals surface area contributed by atoms with Crippen LogP contribution in [0, 0.1) is 0 Å². The third-order valence-electron chi connectivity index (χ3n) is 3.54. The molecule has 1 N–H and O–H groups in total. The maximum atomic E-state index is 5.70. The molecule has 2 nitrogen and oxygen atoms in total. The number of hydrogen-bond donors (Lipinski definition) is 1. The van der Waals surface area contributed by atoms with Gasteiger partial charge < -0.3 is 10.1 Å². The van der Waals surface area contributed by atoms with Gasteiger partial charge in [0.2, 0.25) is 0 Å². The van der Waals surface area contributed by atoms with Crippen LogP contribution in [-0.4, -0.2) is 20.2 Å². The number of para-hydroxylation sites is 1. The first-order chi connectivity index (χ1) is 8.81. The number of nitrogens with one attached hydrogen (secondary N) is 1. The summed E-state index contributed by atoms with van der Waals surface area (Å²) in [5.41, 5.74) is 2.87. The van der Waals surface area contributed by atoms with Crippen LogP contribution in [0.2, 0.25) is 0 Å². The third-order valence-corrected chi connectivity index (χ3v) is 3.54. The molecule has 0 saturated heterocycles. The highest BCUT2D eigenvalue weighted by molar-refractivity contribution is 5.38. The molecule has 1 aliphatic rings. The van der Waals surface area contributed by atoms with Crippen molar-refractivity contribution in [2.24, 2.45) is 0 Å². The van der Waals surface area contributed by atoms with Gasteiger partial charge in [0.25, 0.3) is 0 Å². The van der Waals surface area contributed by atoms with E-state index in [1.54, 1.807) is 0 Å². The number of allylic oxidation sites excluding steroid dienone is 1. The maximum absolute atomic E-state index is 5.70. The Morgan fingerprint density at radius 2 is 2.28 bits per heavy atom. The molecular weight excluding hydrogens is 222 g/mol. The highest BCUT2D eigenvalue weighted by Crippen LogP contribution is 2.36. The van der Waals surface area contributed by atoms with Gasteiger partial charge >= 0.3 is 0 Å². The molecular formula is C16H23NO. The van der Waals surface area contributed by atoms with Crippen molar-refractivity contribution in [1.82, 2.24) is 5.32 Å². The number of hydrogen-bond acceptors (Lipinski definition) is 2. The minimum Gasteiger partial charge on any atom is -0.493 e. The monoisotopic (exact) mass is 245 g/mol. The molecule has 1 aliphatic heterocycles. The van der Waals surface area contributed by atoms with Gasteiger partial charge in [-0.05, 0) is 57.3 Å². The SMILES string of the molecule is CNCC/C=C(/C)CC1CCOc2ccccc21. The van der Waals surface area contributed by atoms with Crippen LogP contribution in [0.3, 0.4) is 0 Å². The van der Waals surface area contributed by atoms with E-state index in [4.69, 9.17) is 4.74 Å². The first kappa shape index (κ1) is 13.2. The summed E-state index contributed by atoms with van der Waals surface area (Å²) in [5, 5.41) is 3.18. The van der Waals surface area contributed by atoms with Crippen LogP contribution in [0.15, 0.2) is 35.9 Å². The summed E-state index contributed by atoms with van der Waals surface area (Å²) in [6, 6.07) is 8.46. The van der Waals surface area contributed by atoms with Crippen LogP contribution >= 0.6 is 0 Å². The van der Waals surface area contributed by atoms with Crippen molar-refractivity contribution < 1.29 is 4.74 Å². The van der Waals surface area contributed by atoms with Gasteiger partial charge in [0.1, 0.15) is 5.75 Å². The van der Waals surface area contributed by atoms with E-state index in [0.717, 1.165) is 38.2 Å². The second-order valence-electron chi connectivity index (χ2n) is 5.02. The standard InChI is InChI=1S/C16H23NO/c1-13(6-5-10-17-2)12-14-9-11-18-16-8-4-3-7-15(14)16/h3-4,6-8,14,17H,5,9-12H2,1-2H3/b13-6-. The summed E-state index contributed by atoms with van der Waals surface area (Å²) in [4.78, 5) is 0. The van der Waals surface area contributed by atoms with Crippen molar-refractivity contribution >= 4 is 0 Å². The van der Waals surface area contributed by atoms with Gasteiger partial charge in [-0.25, -0.2) is 0 Å². The zero-order valence-electron chi connectivity index (χ0n) is 11.4.